The number of benzene rings is 1. The molecule has 0 aliphatic rings. The van der Waals surface area contributed by atoms with Crippen molar-refractivity contribution in [1.82, 2.24) is 29.5 Å². The van der Waals surface area contributed by atoms with E-state index in [1.54, 1.807) is 50.6 Å². The summed E-state index contributed by atoms with van der Waals surface area (Å²) < 4.78 is 2.81. The Balaban J connectivity index is 1.74. The number of nitrogens with two attached hydrogens (primary N) is 1. The number of nitrogen functional groups attached to an aromatic ring is 1. The van der Waals surface area contributed by atoms with Crippen molar-refractivity contribution in [2.75, 3.05) is 5.73 Å². The lowest BCUT2D eigenvalue weighted by molar-refractivity contribution is 0.0940. The summed E-state index contributed by atoms with van der Waals surface area (Å²) in [4.78, 5) is 34.4. The number of nitrogens with one attached hydrogen (secondary N) is 1. The molecular weight excluding hydrogens is 370 g/mol. The molecule has 9 heteroatoms. The van der Waals surface area contributed by atoms with Crippen LogP contribution in [-0.4, -0.2) is 30.1 Å². The van der Waals surface area contributed by atoms with Crippen molar-refractivity contribution in [3.05, 3.63) is 64.0 Å². The zero-order valence-corrected chi connectivity index (χ0v) is 15.7. The quantitative estimate of drug-likeness (QED) is 0.507. The number of rotatable bonds is 3. The summed E-state index contributed by atoms with van der Waals surface area (Å²) >= 11 is 0. The first-order valence-corrected chi connectivity index (χ1v) is 8.78. The molecule has 0 radical (unpaired) electrons. The number of terminal acetylenes is 1. The topological polar surface area (TPSA) is 120 Å². The molecule has 0 aliphatic carbocycles. The van der Waals surface area contributed by atoms with Gasteiger partial charge in [-0.15, -0.1) is 11.5 Å². The Morgan fingerprint density at radius 2 is 2.14 bits per heavy atom. The van der Waals surface area contributed by atoms with Gasteiger partial charge in [0.25, 0.3) is 11.5 Å². The molecule has 1 aromatic carbocycles. The zero-order valence-electron chi connectivity index (χ0n) is 15.7. The van der Waals surface area contributed by atoms with Crippen molar-refractivity contribution in [3.8, 4) is 12.3 Å². The molecule has 0 bridgehead atoms. The SMILES string of the molecule is C#Cc1cccc2nc(C(C)NC(=O)c3c(N)nn4cccnc34)n(C)c(=O)c12. The van der Waals surface area contributed by atoms with Gasteiger partial charge in [-0.25, -0.2) is 14.5 Å². The molecule has 4 rings (SSSR count). The first kappa shape index (κ1) is 18.2. The predicted molar refractivity (Wildman–Crippen MR) is 108 cm³/mol. The smallest absolute Gasteiger partial charge is 0.262 e. The van der Waals surface area contributed by atoms with E-state index in [2.05, 4.69) is 26.3 Å². The number of hydrogen-bond acceptors (Lipinski definition) is 6. The minimum Gasteiger partial charge on any atom is -0.381 e. The summed E-state index contributed by atoms with van der Waals surface area (Å²) in [6.07, 6.45) is 8.70. The van der Waals surface area contributed by atoms with Crippen LogP contribution in [-0.2, 0) is 7.05 Å². The third-order valence-corrected chi connectivity index (χ3v) is 4.68. The van der Waals surface area contributed by atoms with E-state index in [9.17, 15) is 9.59 Å². The standard InChI is InChI=1S/C20H17N7O2/c1-4-12-7-5-8-13-14(12)20(29)26(3)17(24-13)11(2)23-19(28)15-16(21)25-27-10-6-9-22-18(15)27/h1,5-11H,2-3H3,(H2,21,25)(H,23,28). The normalized spacial score (nSPS) is 12.0. The Hall–Kier alpha value is -4.19. The molecule has 1 amide bonds. The van der Waals surface area contributed by atoms with Crippen molar-refractivity contribution in [1.29, 1.82) is 0 Å². The number of anilines is 1. The van der Waals surface area contributed by atoms with Crippen LogP contribution in [0.5, 0.6) is 0 Å². The number of fused-ring (bicyclic) bond motifs is 2. The molecule has 0 fully saturated rings. The van der Waals surface area contributed by atoms with E-state index in [4.69, 9.17) is 12.2 Å². The van der Waals surface area contributed by atoms with Crippen LogP contribution in [0.3, 0.4) is 0 Å². The van der Waals surface area contributed by atoms with Crippen LogP contribution >= 0.6 is 0 Å². The molecular formula is C20H17N7O2. The summed E-state index contributed by atoms with van der Waals surface area (Å²) in [6, 6.07) is 6.24. The van der Waals surface area contributed by atoms with E-state index in [-0.39, 0.29) is 16.9 Å². The first-order chi connectivity index (χ1) is 13.9. The largest absolute Gasteiger partial charge is 0.381 e. The second-order valence-electron chi connectivity index (χ2n) is 6.52. The molecule has 4 aromatic rings. The molecule has 3 heterocycles. The molecule has 9 nitrogen and oxygen atoms in total. The summed E-state index contributed by atoms with van der Waals surface area (Å²) in [5, 5.41) is 7.28. The summed E-state index contributed by atoms with van der Waals surface area (Å²) in [5.41, 5.74) is 7.08. The van der Waals surface area contributed by atoms with Gasteiger partial charge in [-0.05, 0) is 25.1 Å². The van der Waals surface area contributed by atoms with Gasteiger partial charge in [0.2, 0.25) is 0 Å². The lowest BCUT2D eigenvalue weighted by Crippen LogP contribution is -2.33. The van der Waals surface area contributed by atoms with Crippen molar-refractivity contribution in [2.45, 2.75) is 13.0 Å². The summed E-state index contributed by atoms with van der Waals surface area (Å²) in [7, 11) is 1.59. The number of carbonyl (C=O) groups is 1. The number of aromatic nitrogens is 5. The highest BCUT2D eigenvalue weighted by Crippen LogP contribution is 2.19. The van der Waals surface area contributed by atoms with Crippen LogP contribution in [0.25, 0.3) is 16.6 Å². The summed E-state index contributed by atoms with van der Waals surface area (Å²) in [5.74, 6) is 2.49. The maximum Gasteiger partial charge on any atom is 0.262 e. The maximum absolute atomic E-state index is 12.9. The fourth-order valence-corrected chi connectivity index (χ4v) is 3.29. The minimum absolute atomic E-state index is 0.0624. The van der Waals surface area contributed by atoms with Crippen molar-refractivity contribution in [2.24, 2.45) is 7.05 Å². The fourth-order valence-electron chi connectivity index (χ4n) is 3.29. The molecule has 29 heavy (non-hydrogen) atoms. The first-order valence-electron chi connectivity index (χ1n) is 8.78. The molecule has 0 aliphatic heterocycles. The fraction of sp³-hybridized carbons (Fsp3) is 0.150. The van der Waals surface area contributed by atoms with Crippen LogP contribution in [0, 0.1) is 12.3 Å². The Kier molecular flexibility index (Phi) is 4.24. The second-order valence-corrected chi connectivity index (χ2v) is 6.52. The lowest BCUT2D eigenvalue weighted by Gasteiger charge is -2.17. The number of hydrogen-bond donors (Lipinski definition) is 2. The van der Waals surface area contributed by atoms with Gasteiger partial charge in [-0.3, -0.25) is 14.2 Å². The number of carbonyl (C=O) groups excluding carboxylic acids is 1. The highest BCUT2D eigenvalue weighted by molar-refractivity contribution is 6.04. The average molecular weight is 387 g/mol. The van der Waals surface area contributed by atoms with E-state index in [1.807, 2.05) is 0 Å². The second kappa shape index (κ2) is 6.76. The number of amides is 1. The van der Waals surface area contributed by atoms with Crippen LogP contribution in [0.1, 0.15) is 34.7 Å². The van der Waals surface area contributed by atoms with Gasteiger partial charge in [0.15, 0.2) is 11.5 Å². The lowest BCUT2D eigenvalue weighted by atomic mass is 10.1. The molecule has 1 unspecified atom stereocenters. The van der Waals surface area contributed by atoms with Crippen LogP contribution in [0.4, 0.5) is 5.82 Å². The third kappa shape index (κ3) is 2.87. The van der Waals surface area contributed by atoms with Crippen molar-refractivity contribution < 1.29 is 4.79 Å². The average Bonchev–Trinajstić information content (AvgIpc) is 3.05. The predicted octanol–water partition coefficient (Wildman–Crippen LogP) is 1.03. The highest BCUT2D eigenvalue weighted by Gasteiger charge is 2.23. The Labute approximate surface area is 165 Å². The Bertz CT molecular complexity index is 1380. The van der Waals surface area contributed by atoms with Gasteiger partial charge in [0, 0.05) is 25.0 Å². The summed E-state index contributed by atoms with van der Waals surface area (Å²) in [6.45, 7) is 1.73. The van der Waals surface area contributed by atoms with E-state index in [0.29, 0.717) is 27.9 Å². The van der Waals surface area contributed by atoms with Gasteiger partial charge in [-0.1, -0.05) is 12.0 Å². The van der Waals surface area contributed by atoms with Gasteiger partial charge in [0.1, 0.15) is 11.4 Å². The van der Waals surface area contributed by atoms with Gasteiger partial charge < -0.3 is 11.1 Å². The molecule has 0 saturated heterocycles. The van der Waals surface area contributed by atoms with E-state index in [1.165, 1.54) is 9.08 Å². The molecule has 3 aromatic heterocycles. The monoisotopic (exact) mass is 387 g/mol. The maximum atomic E-state index is 12.9. The molecule has 3 N–H and O–H groups in total. The van der Waals surface area contributed by atoms with Gasteiger partial charge in [0.05, 0.1) is 16.9 Å². The van der Waals surface area contributed by atoms with Gasteiger partial charge >= 0.3 is 0 Å². The third-order valence-electron chi connectivity index (χ3n) is 4.68. The van der Waals surface area contributed by atoms with E-state index < -0.39 is 11.9 Å². The molecule has 144 valence electrons. The number of nitrogens with zero attached hydrogens (tertiary/aromatic N) is 5. The minimum atomic E-state index is -0.586. The van der Waals surface area contributed by atoms with E-state index >= 15 is 0 Å². The Morgan fingerprint density at radius 3 is 2.90 bits per heavy atom. The van der Waals surface area contributed by atoms with Crippen LogP contribution in [0.15, 0.2) is 41.5 Å². The molecule has 0 saturated carbocycles. The van der Waals surface area contributed by atoms with Crippen molar-refractivity contribution >= 4 is 28.3 Å². The van der Waals surface area contributed by atoms with Gasteiger partial charge in [-0.2, -0.15) is 0 Å². The van der Waals surface area contributed by atoms with Crippen LogP contribution in [0.2, 0.25) is 0 Å². The molecule has 1 atom stereocenters. The van der Waals surface area contributed by atoms with E-state index in [0.717, 1.165) is 0 Å². The van der Waals surface area contributed by atoms with Crippen LogP contribution < -0.4 is 16.6 Å². The van der Waals surface area contributed by atoms with Crippen molar-refractivity contribution in [3.63, 3.8) is 0 Å². The molecule has 0 spiro atoms. The Morgan fingerprint density at radius 1 is 1.34 bits per heavy atom. The highest BCUT2D eigenvalue weighted by atomic mass is 16.2. The zero-order chi connectivity index (χ0) is 20.7.